The molecule has 1 aliphatic heterocycles. The number of nitrogens with zero attached hydrogens (tertiary/aromatic N) is 1. The van der Waals surface area contributed by atoms with Gasteiger partial charge in [0.25, 0.3) is 0 Å². The first-order chi connectivity index (χ1) is 10.2. The molecule has 0 amide bonds. The monoisotopic (exact) mass is 299 g/mol. The van der Waals surface area contributed by atoms with Crippen LogP contribution in [0.3, 0.4) is 0 Å². The molecule has 0 spiro atoms. The summed E-state index contributed by atoms with van der Waals surface area (Å²) in [5, 5.41) is 0.557. The van der Waals surface area contributed by atoms with E-state index in [0.717, 1.165) is 0 Å². The van der Waals surface area contributed by atoms with Gasteiger partial charge in [-0.05, 0) is 42.5 Å². The van der Waals surface area contributed by atoms with Crippen molar-refractivity contribution < 1.29 is 13.9 Å². The summed E-state index contributed by atoms with van der Waals surface area (Å²) in [5.74, 6) is 0.450. The van der Waals surface area contributed by atoms with Crippen LogP contribution < -0.4 is 0 Å². The van der Waals surface area contributed by atoms with Crippen LogP contribution in [0.2, 0.25) is 5.02 Å². The third-order valence-electron chi connectivity index (χ3n) is 2.75. The highest BCUT2D eigenvalue weighted by molar-refractivity contribution is 6.31. The van der Waals surface area contributed by atoms with E-state index in [4.69, 9.17) is 20.8 Å². The molecule has 0 N–H and O–H groups in total. The first-order valence-electron chi connectivity index (χ1n) is 6.21. The fourth-order valence-electron chi connectivity index (χ4n) is 1.79. The van der Waals surface area contributed by atoms with E-state index < -0.39 is 5.97 Å². The van der Waals surface area contributed by atoms with Gasteiger partial charge in [-0.3, -0.25) is 0 Å². The third-order valence-corrected chi connectivity index (χ3v) is 2.98. The van der Waals surface area contributed by atoms with Crippen LogP contribution in [-0.2, 0) is 9.53 Å². The van der Waals surface area contributed by atoms with Gasteiger partial charge in [0, 0.05) is 10.6 Å². The van der Waals surface area contributed by atoms with E-state index in [1.54, 1.807) is 54.8 Å². The number of esters is 1. The first-order valence-corrected chi connectivity index (χ1v) is 6.59. The Morgan fingerprint density at radius 3 is 2.86 bits per heavy atom. The molecule has 1 aromatic heterocycles. The van der Waals surface area contributed by atoms with Crippen LogP contribution in [0.1, 0.15) is 11.3 Å². The van der Waals surface area contributed by atoms with Crippen molar-refractivity contribution in [2.45, 2.75) is 0 Å². The molecule has 1 aliphatic rings. The second-order valence-corrected chi connectivity index (χ2v) is 4.68. The highest BCUT2D eigenvalue weighted by Crippen LogP contribution is 2.19. The second-order valence-electron chi connectivity index (χ2n) is 4.24. The lowest BCUT2D eigenvalue weighted by molar-refractivity contribution is -0.130. The average molecular weight is 300 g/mol. The molecule has 21 heavy (non-hydrogen) atoms. The molecule has 5 heteroatoms. The van der Waals surface area contributed by atoms with Gasteiger partial charge in [0.2, 0.25) is 5.90 Å². The van der Waals surface area contributed by atoms with Crippen LogP contribution in [0.25, 0.3) is 6.08 Å². The highest BCUT2D eigenvalue weighted by Gasteiger charge is 2.23. The quantitative estimate of drug-likeness (QED) is 0.639. The fourth-order valence-corrected chi connectivity index (χ4v) is 1.98. The lowest BCUT2D eigenvalue weighted by Gasteiger charge is -1.98. The van der Waals surface area contributed by atoms with Crippen LogP contribution in [-0.4, -0.2) is 11.9 Å². The molecule has 4 nitrogen and oxygen atoms in total. The van der Waals surface area contributed by atoms with Crippen molar-refractivity contribution in [3.05, 3.63) is 76.9 Å². The van der Waals surface area contributed by atoms with E-state index >= 15 is 0 Å². The molecule has 0 bridgehead atoms. The molecule has 104 valence electrons. The molecule has 0 unspecified atom stereocenters. The van der Waals surface area contributed by atoms with E-state index in [1.807, 2.05) is 6.07 Å². The molecule has 1 aromatic carbocycles. The Hall–Kier alpha value is -2.59. The number of ether oxygens (including phenoxy) is 1. The van der Waals surface area contributed by atoms with E-state index in [9.17, 15) is 4.79 Å². The standard InChI is InChI=1S/C16H10ClNO3/c17-12-5-1-4-11(10-12)15-18-14(16(19)21-15)8-2-6-13-7-3-9-20-13/h1-10H. The topological polar surface area (TPSA) is 51.8 Å². The largest absolute Gasteiger partial charge is 0.465 e. The van der Waals surface area contributed by atoms with Gasteiger partial charge in [0.15, 0.2) is 5.70 Å². The summed E-state index contributed by atoms with van der Waals surface area (Å²) in [6, 6.07) is 10.6. The minimum absolute atomic E-state index is 0.229. The summed E-state index contributed by atoms with van der Waals surface area (Å²) in [6.45, 7) is 0. The van der Waals surface area contributed by atoms with Gasteiger partial charge >= 0.3 is 5.97 Å². The molecule has 0 saturated carbocycles. The van der Waals surface area contributed by atoms with Crippen LogP contribution in [0.4, 0.5) is 0 Å². The molecule has 0 atom stereocenters. The molecular weight excluding hydrogens is 290 g/mol. The Balaban J connectivity index is 1.82. The average Bonchev–Trinajstić information content (AvgIpc) is 3.10. The normalized spacial score (nSPS) is 16.5. The number of aliphatic imine (C=N–C) groups is 1. The van der Waals surface area contributed by atoms with Crippen molar-refractivity contribution >= 4 is 29.5 Å². The summed E-state index contributed by atoms with van der Waals surface area (Å²) < 4.78 is 10.3. The molecule has 3 rings (SSSR count). The van der Waals surface area contributed by atoms with Crippen molar-refractivity contribution in [2.75, 3.05) is 0 Å². The maximum atomic E-state index is 11.7. The number of hydrogen-bond donors (Lipinski definition) is 0. The fraction of sp³-hybridized carbons (Fsp3) is 0. The maximum absolute atomic E-state index is 11.7. The van der Waals surface area contributed by atoms with Crippen LogP contribution >= 0.6 is 11.6 Å². The predicted molar refractivity (Wildman–Crippen MR) is 79.9 cm³/mol. The zero-order valence-electron chi connectivity index (χ0n) is 10.8. The highest BCUT2D eigenvalue weighted by atomic mass is 35.5. The number of hydrogen-bond acceptors (Lipinski definition) is 4. The molecule has 0 radical (unpaired) electrons. The van der Waals surface area contributed by atoms with E-state index in [1.165, 1.54) is 0 Å². The van der Waals surface area contributed by atoms with Crippen LogP contribution in [0.15, 0.2) is 69.9 Å². The number of furan rings is 1. The number of halogens is 1. The Labute approximate surface area is 126 Å². The van der Waals surface area contributed by atoms with Gasteiger partial charge < -0.3 is 9.15 Å². The molecule has 0 aliphatic carbocycles. The minimum atomic E-state index is -0.492. The smallest absolute Gasteiger partial charge is 0.363 e. The molecular formula is C16H10ClNO3. The number of rotatable bonds is 3. The van der Waals surface area contributed by atoms with Crippen molar-refractivity contribution in [1.29, 1.82) is 0 Å². The van der Waals surface area contributed by atoms with E-state index in [-0.39, 0.29) is 11.6 Å². The van der Waals surface area contributed by atoms with Gasteiger partial charge in [0.1, 0.15) is 5.76 Å². The maximum Gasteiger partial charge on any atom is 0.363 e. The zero-order valence-corrected chi connectivity index (χ0v) is 11.6. The lowest BCUT2D eigenvalue weighted by atomic mass is 10.2. The van der Waals surface area contributed by atoms with Crippen molar-refractivity contribution in [1.82, 2.24) is 0 Å². The summed E-state index contributed by atoms with van der Waals surface area (Å²) >= 11 is 5.91. The van der Waals surface area contributed by atoms with Gasteiger partial charge in [-0.2, -0.15) is 0 Å². The zero-order chi connectivity index (χ0) is 14.7. The number of carbonyl (C=O) groups is 1. The van der Waals surface area contributed by atoms with Crippen molar-refractivity contribution in [3.8, 4) is 0 Å². The van der Waals surface area contributed by atoms with Gasteiger partial charge in [-0.25, -0.2) is 9.79 Å². The molecule has 2 aromatic rings. The number of benzene rings is 1. The third kappa shape index (κ3) is 3.12. The van der Waals surface area contributed by atoms with E-state index in [0.29, 0.717) is 16.3 Å². The second kappa shape index (κ2) is 5.81. The van der Waals surface area contributed by atoms with Crippen molar-refractivity contribution in [3.63, 3.8) is 0 Å². The minimum Gasteiger partial charge on any atom is -0.465 e. The predicted octanol–water partition coefficient (Wildman–Crippen LogP) is 3.83. The lowest BCUT2D eigenvalue weighted by Crippen LogP contribution is -2.05. The van der Waals surface area contributed by atoms with Crippen molar-refractivity contribution in [2.24, 2.45) is 4.99 Å². The molecule has 0 fully saturated rings. The summed E-state index contributed by atoms with van der Waals surface area (Å²) in [4.78, 5) is 15.9. The number of allylic oxidation sites excluding steroid dienone is 2. The van der Waals surface area contributed by atoms with Gasteiger partial charge in [-0.15, -0.1) is 0 Å². The van der Waals surface area contributed by atoms with Gasteiger partial charge in [0.05, 0.1) is 6.26 Å². The molecule has 2 heterocycles. The number of carbonyl (C=O) groups excluding carboxylic acids is 1. The van der Waals surface area contributed by atoms with E-state index in [2.05, 4.69) is 4.99 Å². The number of cyclic esters (lactones) is 1. The summed E-state index contributed by atoms with van der Waals surface area (Å²) in [7, 11) is 0. The Morgan fingerprint density at radius 2 is 2.10 bits per heavy atom. The first kappa shape index (κ1) is 13.4. The van der Waals surface area contributed by atoms with Crippen LogP contribution in [0, 0.1) is 0 Å². The summed E-state index contributed by atoms with van der Waals surface area (Å²) in [5.41, 5.74) is 0.891. The van der Waals surface area contributed by atoms with Gasteiger partial charge in [-0.1, -0.05) is 23.7 Å². The summed E-state index contributed by atoms with van der Waals surface area (Å²) in [6.07, 6.45) is 6.56. The molecule has 0 saturated heterocycles. The van der Waals surface area contributed by atoms with Crippen LogP contribution in [0.5, 0.6) is 0 Å². The Kier molecular flexibility index (Phi) is 3.71. The Bertz CT molecular complexity index is 758. The Morgan fingerprint density at radius 1 is 1.19 bits per heavy atom. The SMILES string of the molecule is O=C1OC(c2cccc(Cl)c2)=NC1=CC=Cc1ccco1.